The molecule has 106 valence electrons. The second kappa shape index (κ2) is 7.10. The van der Waals surface area contributed by atoms with Crippen LogP contribution < -0.4 is 5.73 Å². The summed E-state index contributed by atoms with van der Waals surface area (Å²) < 4.78 is 0. The zero-order valence-electron chi connectivity index (χ0n) is 12.2. The molecule has 1 rings (SSSR count). The van der Waals surface area contributed by atoms with Crippen molar-refractivity contribution < 1.29 is 4.79 Å². The molecule has 1 aliphatic rings. The Morgan fingerprint density at radius 3 is 2.39 bits per heavy atom. The number of rotatable bonds is 6. The second-order valence-electron chi connectivity index (χ2n) is 5.88. The van der Waals surface area contributed by atoms with Crippen molar-refractivity contribution >= 4 is 5.91 Å². The van der Waals surface area contributed by atoms with Crippen LogP contribution in [0.25, 0.3) is 0 Å². The number of amides is 1. The molecule has 4 heteroatoms. The van der Waals surface area contributed by atoms with Gasteiger partial charge in [0, 0.05) is 25.2 Å². The molecule has 0 atom stereocenters. The van der Waals surface area contributed by atoms with Crippen LogP contribution in [-0.4, -0.2) is 54.0 Å². The zero-order chi connectivity index (χ0) is 13.6. The Morgan fingerprint density at radius 2 is 1.89 bits per heavy atom. The maximum Gasteiger partial charge on any atom is 0.236 e. The van der Waals surface area contributed by atoms with Gasteiger partial charge in [0.15, 0.2) is 0 Å². The maximum absolute atomic E-state index is 12.3. The first kappa shape index (κ1) is 15.4. The second-order valence-corrected chi connectivity index (χ2v) is 5.88. The first-order valence-corrected chi connectivity index (χ1v) is 7.24. The van der Waals surface area contributed by atoms with Gasteiger partial charge >= 0.3 is 0 Å². The summed E-state index contributed by atoms with van der Waals surface area (Å²) in [4.78, 5) is 16.5. The van der Waals surface area contributed by atoms with E-state index in [1.165, 1.54) is 6.42 Å². The van der Waals surface area contributed by atoms with Gasteiger partial charge in [-0.3, -0.25) is 9.69 Å². The molecular weight excluding hydrogens is 226 g/mol. The molecule has 18 heavy (non-hydrogen) atoms. The topological polar surface area (TPSA) is 49.6 Å². The molecule has 2 N–H and O–H groups in total. The number of nitrogens with two attached hydrogens (primary N) is 1. The van der Waals surface area contributed by atoms with E-state index < -0.39 is 0 Å². The lowest BCUT2D eigenvalue weighted by Crippen LogP contribution is -2.54. The fraction of sp³-hybridized carbons (Fsp3) is 0.929. The van der Waals surface area contributed by atoms with Gasteiger partial charge in [0.2, 0.25) is 5.91 Å². The SMILES string of the molecule is CCCN(CC(=O)N1CCCCC1)C(C)(C)CN. The van der Waals surface area contributed by atoms with E-state index in [9.17, 15) is 4.79 Å². The minimum absolute atomic E-state index is 0.0958. The predicted molar refractivity (Wildman–Crippen MR) is 75.4 cm³/mol. The van der Waals surface area contributed by atoms with Gasteiger partial charge in [-0.15, -0.1) is 0 Å². The Morgan fingerprint density at radius 1 is 1.28 bits per heavy atom. The molecule has 1 amide bonds. The molecule has 0 aromatic carbocycles. The lowest BCUT2D eigenvalue weighted by atomic mass is 10.0. The van der Waals surface area contributed by atoms with Crippen LogP contribution in [0.5, 0.6) is 0 Å². The number of hydrogen-bond acceptors (Lipinski definition) is 3. The van der Waals surface area contributed by atoms with Crippen molar-refractivity contribution in [2.75, 3.05) is 32.7 Å². The molecule has 1 aliphatic heterocycles. The third-order valence-corrected chi connectivity index (χ3v) is 3.88. The van der Waals surface area contributed by atoms with Crippen LogP contribution in [-0.2, 0) is 4.79 Å². The molecule has 0 saturated carbocycles. The molecule has 0 aromatic heterocycles. The Balaban J connectivity index is 2.56. The lowest BCUT2D eigenvalue weighted by molar-refractivity contribution is -0.134. The summed E-state index contributed by atoms with van der Waals surface area (Å²) >= 11 is 0. The highest BCUT2D eigenvalue weighted by molar-refractivity contribution is 5.78. The molecule has 1 saturated heterocycles. The summed E-state index contributed by atoms with van der Waals surface area (Å²) in [6.45, 7) is 10.3. The van der Waals surface area contributed by atoms with Crippen molar-refractivity contribution in [3.63, 3.8) is 0 Å². The van der Waals surface area contributed by atoms with Crippen LogP contribution in [0.4, 0.5) is 0 Å². The first-order chi connectivity index (χ1) is 8.51. The Labute approximate surface area is 111 Å². The molecule has 1 fully saturated rings. The van der Waals surface area contributed by atoms with E-state index in [4.69, 9.17) is 5.73 Å². The minimum Gasteiger partial charge on any atom is -0.342 e. The van der Waals surface area contributed by atoms with Gasteiger partial charge in [0.05, 0.1) is 6.54 Å². The smallest absolute Gasteiger partial charge is 0.236 e. The zero-order valence-corrected chi connectivity index (χ0v) is 12.2. The van der Waals surface area contributed by atoms with Crippen molar-refractivity contribution in [3.8, 4) is 0 Å². The normalized spacial score (nSPS) is 17.3. The van der Waals surface area contributed by atoms with Crippen molar-refractivity contribution in [2.24, 2.45) is 5.73 Å². The third-order valence-electron chi connectivity index (χ3n) is 3.88. The molecular formula is C14H29N3O. The van der Waals surface area contributed by atoms with Crippen molar-refractivity contribution in [3.05, 3.63) is 0 Å². The summed E-state index contributed by atoms with van der Waals surface area (Å²) in [5, 5.41) is 0. The van der Waals surface area contributed by atoms with E-state index in [2.05, 4.69) is 25.7 Å². The Kier molecular flexibility index (Phi) is 6.09. The van der Waals surface area contributed by atoms with Gasteiger partial charge < -0.3 is 10.6 Å². The number of piperidine rings is 1. The highest BCUT2D eigenvalue weighted by atomic mass is 16.2. The maximum atomic E-state index is 12.3. The van der Waals surface area contributed by atoms with Gasteiger partial charge in [-0.2, -0.15) is 0 Å². The van der Waals surface area contributed by atoms with Crippen LogP contribution >= 0.6 is 0 Å². The number of nitrogens with zero attached hydrogens (tertiary/aromatic N) is 2. The Hall–Kier alpha value is -0.610. The number of hydrogen-bond donors (Lipinski definition) is 1. The van der Waals surface area contributed by atoms with Gasteiger partial charge in [-0.05, 0) is 46.1 Å². The molecule has 0 spiro atoms. The summed E-state index contributed by atoms with van der Waals surface area (Å²) in [5.74, 6) is 0.268. The van der Waals surface area contributed by atoms with E-state index in [-0.39, 0.29) is 11.4 Å². The van der Waals surface area contributed by atoms with E-state index >= 15 is 0 Å². The largest absolute Gasteiger partial charge is 0.342 e. The summed E-state index contributed by atoms with van der Waals surface area (Å²) in [6.07, 6.45) is 4.62. The summed E-state index contributed by atoms with van der Waals surface area (Å²) in [5.41, 5.74) is 5.73. The molecule has 4 nitrogen and oxygen atoms in total. The predicted octanol–water partition coefficient (Wildman–Crippen LogP) is 1.45. The lowest BCUT2D eigenvalue weighted by Gasteiger charge is -2.39. The summed E-state index contributed by atoms with van der Waals surface area (Å²) in [6, 6.07) is 0. The summed E-state index contributed by atoms with van der Waals surface area (Å²) in [7, 11) is 0. The fourth-order valence-corrected chi connectivity index (χ4v) is 2.40. The number of carbonyl (C=O) groups excluding carboxylic acids is 1. The Bertz CT molecular complexity index is 260. The van der Waals surface area contributed by atoms with E-state index in [1.807, 2.05) is 4.90 Å². The first-order valence-electron chi connectivity index (χ1n) is 7.24. The fourth-order valence-electron chi connectivity index (χ4n) is 2.40. The average Bonchev–Trinajstić information content (AvgIpc) is 2.39. The van der Waals surface area contributed by atoms with Crippen LogP contribution in [0.1, 0.15) is 46.5 Å². The number of likely N-dealkylation sites (tertiary alicyclic amines) is 1. The van der Waals surface area contributed by atoms with E-state index in [0.29, 0.717) is 13.1 Å². The molecule has 0 bridgehead atoms. The third kappa shape index (κ3) is 4.25. The van der Waals surface area contributed by atoms with Gasteiger partial charge in [-0.1, -0.05) is 6.92 Å². The van der Waals surface area contributed by atoms with Crippen molar-refractivity contribution in [2.45, 2.75) is 52.0 Å². The van der Waals surface area contributed by atoms with Crippen molar-refractivity contribution in [1.82, 2.24) is 9.80 Å². The quantitative estimate of drug-likeness (QED) is 0.781. The monoisotopic (exact) mass is 255 g/mol. The standard InChI is InChI=1S/C14H29N3O/c1-4-8-17(14(2,3)12-15)11-13(18)16-9-6-5-7-10-16/h4-12,15H2,1-3H3. The van der Waals surface area contributed by atoms with E-state index in [0.717, 1.165) is 38.9 Å². The molecule has 1 heterocycles. The molecule has 0 unspecified atom stereocenters. The van der Waals surface area contributed by atoms with Gasteiger partial charge in [0.25, 0.3) is 0 Å². The van der Waals surface area contributed by atoms with Gasteiger partial charge in [-0.25, -0.2) is 0 Å². The molecule has 0 radical (unpaired) electrons. The molecule has 0 aromatic rings. The highest BCUT2D eigenvalue weighted by Crippen LogP contribution is 2.15. The minimum atomic E-state index is -0.0958. The van der Waals surface area contributed by atoms with Crippen LogP contribution in [0.15, 0.2) is 0 Å². The van der Waals surface area contributed by atoms with Gasteiger partial charge in [0.1, 0.15) is 0 Å². The van der Waals surface area contributed by atoms with Crippen LogP contribution in [0, 0.1) is 0 Å². The van der Waals surface area contributed by atoms with Crippen LogP contribution in [0.3, 0.4) is 0 Å². The van der Waals surface area contributed by atoms with E-state index in [1.54, 1.807) is 0 Å². The van der Waals surface area contributed by atoms with Crippen molar-refractivity contribution in [1.29, 1.82) is 0 Å². The average molecular weight is 255 g/mol. The highest BCUT2D eigenvalue weighted by Gasteiger charge is 2.28. The molecule has 0 aliphatic carbocycles. The van der Waals surface area contributed by atoms with Crippen LogP contribution in [0.2, 0.25) is 0 Å². The number of carbonyl (C=O) groups is 1.